The number of ether oxygens (including phenoxy) is 1. The maximum atomic E-state index is 12.8. The minimum absolute atomic E-state index is 0.0135. The first-order chi connectivity index (χ1) is 15.0. The van der Waals surface area contributed by atoms with Gasteiger partial charge in [-0.25, -0.2) is 0 Å². The number of benzene rings is 1. The zero-order valence-corrected chi connectivity index (χ0v) is 18.7. The second kappa shape index (κ2) is 13.6. The van der Waals surface area contributed by atoms with Crippen molar-refractivity contribution in [3.63, 3.8) is 0 Å². The molecule has 0 heterocycles. The third-order valence-electron chi connectivity index (χ3n) is 5.25. The molecule has 0 unspecified atom stereocenters. The molecule has 1 aromatic rings. The summed E-state index contributed by atoms with van der Waals surface area (Å²) < 4.78 is 5.35. The summed E-state index contributed by atoms with van der Waals surface area (Å²) in [5.41, 5.74) is 3.54. The molecule has 1 aromatic carbocycles. The fourth-order valence-corrected chi connectivity index (χ4v) is 3.51. The quantitative estimate of drug-likeness (QED) is 0.331. The maximum absolute atomic E-state index is 12.8. The number of Topliss-reactive ketones (excluding diaryl/α,β-unsaturated/α-hetero) is 1. The van der Waals surface area contributed by atoms with Gasteiger partial charge in [-0.1, -0.05) is 31.2 Å². The first-order valence-corrected chi connectivity index (χ1v) is 11.2. The van der Waals surface area contributed by atoms with Gasteiger partial charge < -0.3 is 20.7 Å². The molecule has 3 N–H and O–H groups in total. The number of hydrogen-bond acceptors (Lipinski definition) is 5. The van der Waals surface area contributed by atoms with Gasteiger partial charge in [-0.15, -0.1) is 0 Å². The zero-order valence-electron chi connectivity index (χ0n) is 18.7. The highest BCUT2D eigenvalue weighted by Gasteiger charge is 2.19. The van der Waals surface area contributed by atoms with Gasteiger partial charge in [0.15, 0.2) is 5.78 Å². The molecule has 7 nitrogen and oxygen atoms in total. The third kappa shape index (κ3) is 8.53. The molecule has 0 fully saturated rings. The largest absolute Gasteiger partial charge is 0.391 e. The number of allylic oxidation sites excluding steroid dienone is 2. The summed E-state index contributed by atoms with van der Waals surface area (Å²) in [7, 11) is 1.87. The van der Waals surface area contributed by atoms with Crippen LogP contribution in [0.1, 0.15) is 67.8 Å². The van der Waals surface area contributed by atoms with E-state index < -0.39 is 0 Å². The summed E-state index contributed by atoms with van der Waals surface area (Å²) in [5, 5.41) is 8.79. The Labute approximate surface area is 185 Å². The van der Waals surface area contributed by atoms with Crippen LogP contribution in [-0.2, 0) is 20.9 Å². The van der Waals surface area contributed by atoms with Crippen molar-refractivity contribution in [2.45, 2.75) is 58.4 Å². The summed E-state index contributed by atoms with van der Waals surface area (Å²) >= 11 is 0. The first-order valence-electron chi connectivity index (χ1n) is 11.2. The Balaban J connectivity index is 1.68. The molecule has 0 spiro atoms. The van der Waals surface area contributed by atoms with Gasteiger partial charge in [0.1, 0.15) is 6.61 Å². The molecule has 0 bridgehead atoms. The number of carbonyl (C=O) groups excluding carboxylic acids is 3. The summed E-state index contributed by atoms with van der Waals surface area (Å²) in [6.07, 6.45) is 5.94. The molecule has 2 amide bonds. The zero-order chi connectivity index (χ0) is 22.5. The lowest BCUT2D eigenvalue weighted by Gasteiger charge is -2.19. The molecule has 0 aliphatic heterocycles. The van der Waals surface area contributed by atoms with E-state index >= 15 is 0 Å². The lowest BCUT2D eigenvalue weighted by molar-refractivity contribution is -0.126. The average molecular weight is 430 g/mol. The molecular formula is C24H35N3O4. The summed E-state index contributed by atoms with van der Waals surface area (Å²) in [4.78, 5) is 36.1. The predicted molar refractivity (Wildman–Crippen MR) is 121 cm³/mol. The Bertz CT molecular complexity index is 772. The van der Waals surface area contributed by atoms with Gasteiger partial charge in [-0.05, 0) is 44.1 Å². The van der Waals surface area contributed by atoms with E-state index in [9.17, 15) is 14.4 Å². The molecule has 0 saturated heterocycles. The van der Waals surface area contributed by atoms with Gasteiger partial charge >= 0.3 is 0 Å². The van der Waals surface area contributed by atoms with Gasteiger partial charge in [-0.3, -0.25) is 14.4 Å². The Morgan fingerprint density at radius 2 is 1.74 bits per heavy atom. The third-order valence-corrected chi connectivity index (χ3v) is 5.25. The van der Waals surface area contributed by atoms with E-state index in [-0.39, 0.29) is 24.2 Å². The number of nitrogens with one attached hydrogen (secondary N) is 3. The second-order valence-corrected chi connectivity index (χ2v) is 7.72. The molecule has 170 valence electrons. The van der Waals surface area contributed by atoms with Crippen LogP contribution in [-0.4, -0.2) is 44.4 Å². The van der Waals surface area contributed by atoms with Crippen LogP contribution >= 0.6 is 0 Å². The highest BCUT2D eigenvalue weighted by atomic mass is 16.5. The van der Waals surface area contributed by atoms with Gasteiger partial charge in [0.25, 0.3) is 0 Å². The molecule has 0 atom stereocenters. The van der Waals surface area contributed by atoms with Crippen molar-refractivity contribution in [1.82, 2.24) is 16.0 Å². The van der Waals surface area contributed by atoms with Crippen molar-refractivity contribution >= 4 is 17.6 Å². The van der Waals surface area contributed by atoms with Gasteiger partial charge in [-0.2, -0.15) is 0 Å². The van der Waals surface area contributed by atoms with Gasteiger partial charge in [0.2, 0.25) is 11.8 Å². The summed E-state index contributed by atoms with van der Waals surface area (Å²) in [5.74, 6) is -0.0639. The van der Waals surface area contributed by atoms with E-state index in [2.05, 4.69) is 16.0 Å². The minimum Gasteiger partial charge on any atom is -0.391 e. The normalized spacial score (nSPS) is 13.6. The highest BCUT2D eigenvalue weighted by molar-refractivity contribution is 6.09. The average Bonchev–Trinajstić information content (AvgIpc) is 2.80. The van der Waals surface area contributed by atoms with Crippen molar-refractivity contribution in [1.29, 1.82) is 0 Å². The monoisotopic (exact) mass is 429 g/mol. The Hall–Kier alpha value is -2.67. The highest BCUT2D eigenvalue weighted by Crippen LogP contribution is 2.25. The van der Waals surface area contributed by atoms with Crippen LogP contribution in [0.25, 0.3) is 0 Å². The van der Waals surface area contributed by atoms with E-state index in [4.69, 9.17) is 4.74 Å². The molecule has 0 aromatic heterocycles. The lowest BCUT2D eigenvalue weighted by atomic mass is 9.90. The maximum Gasteiger partial charge on any atom is 0.246 e. The number of amides is 2. The van der Waals surface area contributed by atoms with E-state index in [0.717, 1.165) is 48.9 Å². The molecule has 7 heteroatoms. The number of carbonyl (C=O) groups is 3. The van der Waals surface area contributed by atoms with Crippen LogP contribution in [0.5, 0.6) is 0 Å². The minimum atomic E-state index is -0.193. The molecule has 0 saturated carbocycles. The van der Waals surface area contributed by atoms with Gasteiger partial charge in [0, 0.05) is 50.0 Å². The predicted octanol–water partition coefficient (Wildman–Crippen LogP) is 2.86. The number of rotatable bonds is 13. The molecule has 2 rings (SSSR count). The fraction of sp³-hybridized carbons (Fsp3) is 0.542. The molecule has 0 radical (unpaired) electrons. The second-order valence-electron chi connectivity index (χ2n) is 7.72. The lowest BCUT2D eigenvalue weighted by Crippen LogP contribution is -2.28. The number of ketones is 1. The molecular weight excluding hydrogens is 394 g/mol. The van der Waals surface area contributed by atoms with Crippen molar-refractivity contribution in [3.8, 4) is 0 Å². The van der Waals surface area contributed by atoms with Crippen LogP contribution in [0.4, 0.5) is 0 Å². The smallest absolute Gasteiger partial charge is 0.246 e. The molecule has 31 heavy (non-hydrogen) atoms. The first kappa shape index (κ1) is 24.6. The van der Waals surface area contributed by atoms with E-state index in [0.29, 0.717) is 38.1 Å². The number of hydrogen-bond donors (Lipinski definition) is 3. The summed E-state index contributed by atoms with van der Waals surface area (Å²) in [6, 6.07) is 7.38. The molecule has 1 aliphatic carbocycles. The van der Waals surface area contributed by atoms with Crippen molar-refractivity contribution in [2.24, 2.45) is 0 Å². The van der Waals surface area contributed by atoms with Crippen molar-refractivity contribution in [2.75, 3.05) is 26.8 Å². The van der Waals surface area contributed by atoms with Crippen molar-refractivity contribution < 1.29 is 19.1 Å². The topological polar surface area (TPSA) is 96.5 Å². The standard InChI is InChI=1S/C24H35N3O4/c1-3-7-22(28)26-14-6-15-31-17-23(29)27-16-18-10-12-19(13-11-18)24(30)20-8-4-5-9-21(20)25-2/h10-13,25H,3-9,14-17H2,1-2H3,(H,26,28)(H,27,29). The Morgan fingerprint density at radius 1 is 1.00 bits per heavy atom. The van der Waals surface area contributed by atoms with Crippen LogP contribution in [0.2, 0.25) is 0 Å². The van der Waals surface area contributed by atoms with Crippen LogP contribution in [0.3, 0.4) is 0 Å². The van der Waals surface area contributed by atoms with Crippen LogP contribution < -0.4 is 16.0 Å². The SMILES string of the molecule is CCCC(=O)NCCCOCC(=O)NCc1ccc(C(=O)C2=C(NC)CCCC2)cc1. The van der Waals surface area contributed by atoms with E-state index in [1.165, 1.54) is 0 Å². The fourth-order valence-electron chi connectivity index (χ4n) is 3.51. The van der Waals surface area contributed by atoms with Gasteiger partial charge in [0.05, 0.1) is 0 Å². The van der Waals surface area contributed by atoms with Crippen LogP contribution in [0.15, 0.2) is 35.5 Å². The van der Waals surface area contributed by atoms with Crippen LogP contribution in [0, 0.1) is 0 Å². The van der Waals surface area contributed by atoms with E-state index in [1.54, 1.807) is 0 Å². The Kier molecular flexibility index (Phi) is 10.8. The molecule has 1 aliphatic rings. The van der Waals surface area contributed by atoms with Crippen molar-refractivity contribution in [3.05, 3.63) is 46.7 Å². The van der Waals surface area contributed by atoms with E-state index in [1.807, 2.05) is 38.2 Å². The Morgan fingerprint density at radius 3 is 2.45 bits per heavy atom. The summed E-state index contributed by atoms with van der Waals surface area (Å²) in [6.45, 7) is 3.30.